The van der Waals surface area contributed by atoms with Gasteiger partial charge < -0.3 is 29.3 Å². The lowest BCUT2D eigenvalue weighted by molar-refractivity contribution is -0.274. The van der Waals surface area contributed by atoms with E-state index in [1.165, 1.54) is 31.4 Å². The molecule has 1 aliphatic carbocycles. The average Bonchev–Trinajstić information content (AvgIpc) is 3.61. The minimum atomic E-state index is -4.76. The van der Waals surface area contributed by atoms with Crippen molar-refractivity contribution < 1.29 is 37.3 Å². The molecule has 8 nitrogen and oxygen atoms in total. The lowest BCUT2D eigenvalue weighted by Crippen LogP contribution is -2.50. The molecule has 0 aromatic heterocycles. The highest BCUT2D eigenvalue weighted by atomic mass is 19.4. The molecule has 0 unspecified atom stereocenters. The van der Waals surface area contributed by atoms with E-state index in [1.54, 1.807) is 4.90 Å². The highest BCUT2D eigenvalue weighted by Gasteiger charge is 2.51. The lowest BCUT2D eigenvalue weighted by Gasteiger charge is -2.37. The second-order valence-corrected chi connectivity index (χ2v) is 9.62. The Morgan fingerprint density at radius 1 is 1.14 bits per heavy atom. The van der Waals surface area contributed by atoms with Crippen molar-refractivity contribution in [2.75, 3.05) is 51.3 Å². The zero-order valence-corrected chi connectivity index (χ0v) is 19.8. The van der Waals surface area contributed by atoms with Crippen LogP contribution >= 0.6 is 0 Å². The van der Waals surface area contributed by atoms with E-state index in [1.807, 2.05) is 4.90 Å². The normalized spacial score (nSPS) is 23.7. The largest absolute Gasteiger partial charge is 0.573 e. The van der Waals surface area contributed by atoms with Crippen LogP contribution in [0.2, 0.25) is 0 Å². The summed E-state index contributed by atoms with van der Waals surface area (Å²) in [5.41, 5.74) is 0.764. The molecular weight excluding hydrogens is 467 g/mol. The fraction of sp³-hybridized carbons (Fsp3) is 0.667. The molecule has 2 saturated heterocycles. The summed E-state index contributed by atoms with van der Waals surface area (Å²) in [5.74, 6) is -0.956. The summed E-state index contributed by atoms with van der Waals surface area (Å²) in [6, 6.07) is 4.79. The number of aliphatic hydroxyl groups is 1. The fourth-order valence-corrected chi connectivity index (χ4v) is 5.15. The third-order valence-electron chi connectivity index (χ3n) is 7.49. The Bertz CT molecular complexity index is 907. The van der Waals surface area contributed by atoms with Gasteiger partial charge in [0.1, 0.15) is 11.8 Å². The molecule has 1 aromatic carbocycles. The molecule has 1 saturated carbocycles. The van der Waals surface area contributed by atoms with Crippen molar-refractivity contribution in [1.29, 1.82) is 0 Å². The number of aliphatic hydroxyl groups excluding tert-OH is 1. The number of rotatable bonds is 7. The first-order valence-corrected chi connectivity index (χ1v) is 12.0. The van der Waals surface area contributed by atoms with Crippen LogP contribution in [0.3, 0.4) is 0 Å². The molecule has 194 valence electrons. The number of ether oxygens (including phenoxy) is 2. The number of halogens is 3. The van der Waals surface area contributed by atoms with Gasteiger partial charge in [0.15, 0.2) is 0 Å². The maximum atomic E-state index is 13.0. The van der Waals surface area contributed by atoms with Crippen LogP contribution in [0.4, 0.5) is 18.9 Å². The number of carbonyl (C=O) groups is 2. The van der Waals surface area contributed by atoms with E-state index < -0.39 is 18.4 Å². The first-order chi connectivity index (χ1) is 16.6. The molecule has 11 heteroatoms. The number of benzene rings is 1. The van der Waals surface area contributed by atoms with Crippen LogP contribution in [0.5, 0.6) is 5.75 Å². The molecule has 1 amide bonds. The first-order valence-electron chi connectivity index (χ1n) is 12.0. The Kier molecular flexibility index (Phi) is 7.46. The van der Waals surface area contributed by atoms with Gasteiger partial charge in [-0.3, -0.25) is 4.79 Å². The number of methoxy groups -OCH3 is 1. The molecule has 4 rings (SSSR count). The maximum Gasteiger partial charge on any atom is 0.573 e. The molecule has 0 bridgehead atoms. The predicted molar refractivity (Wildman–Crippen MR) is 121 cm³/mol. The van der Waals surface area contributed by atoms with Crippen LogP contribution in [0.1, 0.15) is 32.1 Å². The summed E-state index contributed by atoms with van der Waals surface area (Å²) in [7, 11) is 1.30. The van der Waals surface area contributed by atoms with E-state index in [2.05, 4.69) is 9.64 Å². The number of hydrogen-bond donors (Lipinski definition) is 1. The van der Waals surface area contributed by atoms with Gasteiger partial charge in [0.2, 0.25) is 5.91 Å². The quantitative estimate of drug-likeness (QED) is 0.577. The van der Waals surface area contributed by atoms with E-state index in [9.17, 15) is 27.9 Å². The fourth-order valence-electron chi connectivity index (χ4n) is 5.15. The number of esters is 1. The van der Waals surface area contributed by atoms with E-state index in [0.29, 0.717) is 38.3 Å². The van der Waals surface area contributed by atoms with E-state index in [0.717, 1.165) is 25.8 Å². The van der Waals surface area contributed by atoms with Crippen LogP contribution in [0.15, 0.2) is 24.3 Å². The maximum absolute atomic E-state index is 13.0. The Labute approximate surface area is 202 Å². The Morgan fingerprint density at radius 3 is 2.46 bits per heavy atom. The van der Waals surface area contributed by atoms with Crippen molar-refractivity contribution in [1.82, 2.24) is 9.80 Å². The van der Waals surface area contributed by atoms with Gasteiger partial charge in [-0.05, 0) is 61.9 Å². The smallest absolute Gasteiger partial charge is 0.467 e. The summed E-state index contributed by atoms with van der Waals surface area (Å²) in [4.78, 5) is 31.2. The van der Waals surface area contributed by atoms with E-state index in [4.69, 9.17) is 4.74 Å². The number of likely N-dealkylation sites (tertiary alicyclic amines) is 1. The van der Waals surface area contributed by atoms with Gasteiger partial charge in [-0.15, -0.1) is 13.2 Å². The van der Waals surface area contributed by atoms with Gasteiger partial charge in [-0.2, -0.15) is 0 Å². The summed E-state index contributed by atoms with van der Waals surface area (Å²) in [5, 5.41) is 10.5. The van der Waals surface area contributed by atoms with Gasteiger partial charge >= 0.3 is 12.3 Å². The standard InChI is InChI=1S/C24H32F3N3O5/c1-34-22(33)19(6-11-28-13-10-23(8-9-23)20(31)16-28)30-15-14-29(12-7-21(30)32)17-2-4-18(5-3-17)35-24(25,26)27/h2-5,19-20,31H,6-16H2,1H3/t19-,20+/m0/s1. The first kappa shape index (κ1) is 25.6. The molecule has 2 aliphatic heterocycles. The van der Waals surface area contributed by atoms with Crippen molar-refractivity contribution in [3.8, 4) is 5.75 Å². The van der Waals surface area contributed by atoms with Gasteiger partial charge in [0.25, 0.3) is 0 Å². The monoisotopic (exact) mass is 499 g/mol. The zero-order chi connectivity index (χ0) is 25.2. The Morgan fingerprint density at radius 2 is 1.86 bits per heavy atom. The number of amides is 1. The van der Waals surface area contributed by atoms with Gasteiger partial charge in [0.05, 0.1) is 13.2 Å². The van der Waals surface area contributed by atoms with Crippen LogP contribution in [-0.4, -0.2) is 91.7 Å². The van der Waals surface area contributed by atoms with Crippen molar-refractivity contribution in [2.24, 2.45) is 5.41 Å². The second kappa shape index (κ2) is 10.2. The molecule has 2 heterocycles. The molecular formula is C24H32F3N3O5. The van der Waals surface area contributed by atoms with Gasteiger partial charge in [-0.1, -0.05) is 0 Å². The van der Waals surface area contributed by atoms with E-state index >= 15 is 0 Å². The summed E-state index contributed by atoms with van der Waals surface area (Å²) >= 11 is 0. The van der Waals surface area contributed by atoms with Crippen molar-refractivity contribution in [2.45, 2.75) is 50.6 Å². The van der Waals surface area contributed by atoms with Crippen LogP contribution in [0.25, 0.3) is 0 Å². The SMILES string of the molecule is COC(=O)[C@H](CCN1CCC2(CC2)[C@H](O)C1)N1CCN(c2ccc(OC(F)(F)F)cc2)CCC1=O. The topological polar surface area (TPSA) is 82.6 Å². The number of β-amino-alcohol motifs (C(OH)–C–C–N with tert-alkyl or cyclic N) is 1. The number of nitrogens with zero attached hydrogens (tertiary/aromatic N) is 3. The number of anilines is 1. The van der Waals surface area contributed by atoms with Crippen molar-refractivity contribution >= 4 is 17.6 Å². The Hall–Kier alpha value is -2.53. The van der Waals surface area contributed by atoms with Gasteiger partial charge in [-0.25, -0.2) is 4.79 Å². The molecule has 1 spiro atoms. The van der Waals surface area contributed by atoms with Crippen LogP contribution in [-0.2, 0) is 14.3 Å². The summed E-state index contributed by atoms with van der Waals surface area (Å²) in [6.07, 6.45) is -1.45. The molecule has 35 heavy (non-hydrogen) atoms. The summed E-state index contributed by atoms with van der Waals surface area (Å²) < 4.78 is 46.2. The molecule has 3 fully saturated rings. The highest BCUT2D eigenvalue weighted by molar-refractivity contribution is 5.85. The number of hydrogen-bond acceptors (Lipinski definition) is 7. The minimum Gasteiger partial charge on any atom is -0.467 e. The second-order valence-electron chi connectivity index (χ2n) is 9.62. The minimum absolute atomic E-state index is 0.0968. The molecule has 1 N–H and O–H groups in total. The Balaban J connectivity index is 1.37. The van der Waals surface area contributed by atoms with Gasteiger partial charge in [0, 0.05) is 44.8 Å². The summed E-state index contributed by atoms with van der Waals surface area (Å²) in [6.45, 7) is 3.09. The molecule has 2 atom stereocenters. The number of carbonyl (C=O) groups excluding carboxylic acids is 2. The highest BCUT2D eigenvalue weighted by Crippen LogP contribution is 2.53. The lowest BCUT2D eigenvalue weighted by atomic mass is 9.90. The number of alkyl halides is 3. The third kappa shape index (κ3) is 6.19. The zero-order valence-electron chi connectivity index (χ0n) is 19.8. The molecule has 3 aliphatic rings. The van der Waals surface area contributed by atoms with Crippen LogP contribution in [0, 0.1) is 5.41 Å². The number of piperidine rings is 1. The molecule has 1 aromatic rings. The predicted octanol–water partition coefficient (Wildman–Crippen LogP) is 2.40. The third-order valence-corrected chi connectivity index (χ3v) is 7.49. The average molecular weight is 500 g/mol. The molecule has 0 radical (unpaired) electrons. The van der Waals surface area contributed by atoms with E-state index in [-0.39, 0.29) is 36.1 Å². The van der Waals surface area contributed by atoms with Crippen molar-refractivity contribution in [3.63, 3.8) is 0 Å². The van der Waals surface area contributed by atoms with Crippen molar-refractivity contribution in [3.05, 3.63) is 24.3 Å². The van der Waals surface area contributed by atoms with Crippen LogP contribution < -0.4 is 9.64 Å².